The molecule has 0 bridgehead atoms. The number of rotatable bonds is 11. The van der Waals surface area contributed by atoms with Crippen molar-refractivity contribution in [3.05, 3.63) is 161 Å². The zero-order chi connectivity index (χ0) is 39.0. The second kappa shape index (κ2) is 15.8. The minimum atomic E-state index is -1.46. The predicted octanol–water partition coefficient (Wildman–Crippen LogP) is 8.33. The van der Waals surface area contributed by atoms with Crippen LogP contribution in [0.3, 0.4) is 0 Å². The maximum absolute atomic E-state index is 13.7. The number of fused-ring (bicyclic) bond motifs is 1. The summed E-state index contributed by atoms with van der Waals surface area (Å²) in [5, 5.41) is 4.88. The Hall–Kier alpha value is -5.10. The lowest BCUT2D eigenvalue weighted by Gasteiger charge is -2.49. The molecule has 0 N–H and O–H groups in total. The normalized spacial score (nSPS) is 14.3. The van der Waals surface area contributed by atoms with Crippen LogP contribution in [0.2, 0.25) is 0 Å². The van der Waals surface area contributed by atoms with Gasteiger partial charge in [-0.05, 0) is 93.7 Å². The highest BCUT2D eigenvalue weighted by Gasteiger charge is 2.55. The van der Waals surface area contributed by atoms with Crippen LogP contribution in [0.4, 0.5) is 11.4 Å². The molecule has 2 aliphatic rings. The molecule has 282 valence electrons. The first-order valence-corrected chi connectivity index (χ1v) is 21.0. The van der Waals surface area contributed by atoms with Gasteiger partial charge in [0.25, 0.3) is 0 Å². The number of hydrogen-bond acceptors (Lipinski definition) is 6. The van der Waals surface area contributed by atoms with Crippen molar-refractivity contribution in [1.82, 2.24) is 0 Å². The summed E-state index contributed by atoms with van der Waals surface area (Å²) in [5.41, 5.74) is 8.71. The third kappa shape index (κ3) is 6.35. The number of benzene rings is 6. The minimum absolute atomic E-state index is 0.209. The second-order valence-electron chi connectivity index (χ2n) is 14.8. The Morgan fingerprint density at radius 1 is 0.714 bits per heavy atom. The molecule has 0 atom stereocenters. The molecule has 6 aromatic carbocycles. The summed E-state index contributed by atoms with van der Waals surface area (Å²) in [7, 11) is 1.53. The first kappa shape index (κ1) is 37.8. The first-order valence-electron chi connectivity index (χ1n) is 19.2. The average Bonchev–Trinajstić information content (AvgIpc) is 3.67. The fraction of sp³-hybridized carbons (Fsp3) is 0.234. The molecule has 0 radical (unpaired) electrons. The molecule has 9 heteroatoms. The highest BCUT2D eigenvalue weighted by Crippen LogP contribution is 2.52. The van der Waals surface area contributed by atoms with Crippen molar-refractivity contribution in [3.63, 3.8) is 0 Å². The topological polar surface area (TPSA) is 59.1 Å². The van der Waals surface area contributed by atoms with Gasteiger partial charge < -0.3 is 18.9 Å². The van der Waals surface area contributed by atoms with Gasteiger partial charge in [-0.25, -0.2) is 0 Å². The molecule has 0 saturated heterocycles. The van der Waals surface area contributed by atoms with E-state index in [0.717, 1.165) is 35.1 Å². The lowest BCUT2D eigenvalue weighted by Crippen LogP contribution is -2.63. The van der Waals surface area contributed by atoms with Gasteiger partial charge in [-0.15, -0.1) is 11.6 Å². The van der Waals surface area contributed by atoms with E-state index in [4.69, 9.17) is 21.1 Å². The predicted molar refractivity (Wildman–Crippen MR) is 232 cm³/mol. The molecular weight excluding hydrogens is 734 g/mol. The van der Waals surface area contributed by atoms with Crippen LogP contribution >= 0.6 is 19.7 Å². The van der Waals surface area contributed by atoms with Crippen LogP contribution in [-0.2, 0) is 44.9 Å². The number of nitrogens with zero attached hydrogens (tertiary/aromatic N) is 2. The summed E-state index contributed by atoms with van der Waals surface area (Å²) < 4.78 is 13.4. The van der Waals surface area contributed by atoms with Gasteiger partial charge in [-0.1, -0.05) is 115 Å². The summed E-state index contributed by atoms with van der Waals surface area (Å²) in [6, 6.07) is 45.8. The number of hydrogen-bond donors (Lipinski definition) is 0. The molecule has 0 amide bonds. The Morgan fingerprint density at radius 3 is 1.80 bits per heavy atom. The van der Waals surface area contributed by atoms with Crippen molar-refractivity contribution in [3.8, 4) is 0 Å². The van der Waals surface area contributed by atoms with Crippen LogP contribution < -0.4 is 25.5 Å². The van der Waals surface area contributed by atoms with Gasteiger partial charge in [-0.2, -0.15) is 0 Å². The Balaban J connectivity index is 1.48. The molecule has 1 aliphatic carbocycles. The van der Waals surface area contributed by atoms with Crippen molar-refractivity contribution < 1.29 is 19.1 Å². The van der Waals surface area contributed by atoms with E-state index in [1.807, 2.05) is 0 Å². The molecule has 6 aromatic rings. The number of carbonyl (C=O) groups excluding carboxylic acids is 2. The fourth-order valence-electron chi connectivity index (χ4n) is 9.16. The van der Waals surface area contributed by atoms with Gasteiger partial charge in [0.05, 0.1) is 14.2 Å². The standard InChI is InChI=1S/C47H45BClN2O4P/c1-32-38(25-16-28-49)44(33(2)40-30-47(29-39(32)40,45(52)54-3)46(53)55-4)48-50(31-34-17-8-5-9-18-34)41-26-14-19-35-20-15-27-42(43(35)41)51(48)56(36-21-10-6-11-22-36)37-23-12-7-13-24-37/h5-15,17-24,26-27H,16,25,28-31H2,1-4H3. The molecule has 1 aliphatic heterocycles. The van der Waals surface area contributed by atoms with Gasteiger partial charge >= 0.3 is 18.9 Å². The molecule has 6 nitrogen and oxygen atoms in total. The number of anilines is 2. The zero-order valence-corrected chi connectivity index (χ0v) is 33.9. The third-order valence-electron chi connectivity index (χ3n) is 11.7. The van der Waals surface area contributed by atoms with Crippen LogP contribution in [-0.4, -0.2) is 39.0 Å². The molecule has 56 heavy (non-hydrogen) atoms. The van der Waals surface area contributed by atoms with Crippen LogP contribution in [0, 0.1) is 19.3 Å². The zero-order valence-electron chi connectivity index (χ0n) is 32.3. The lowest BCUT2D eigenvalue weighted by atomic mass is 9.58. The van der Waals surface area contributed by atoms with Crippen molar-refractivity contribution in [2.24, 2.45) is 5.41 Å². The van der Waals surface area contributed by atoms with Crippen LogP contribution in [0.25, 0.3) is 10.8 Å². The van der Waals surface area contributed by atoms with E-state index < -0.39 is 25.4 Å². The smallest absolute Gasteiger partial charge is 0.416 e. The molecular formula is C47H45BClN2O4P. The number of halogens is 1. The highest BCUT2D eigenvalue weighted by atomic mass is 35.5. The lowest BCUT2D eigenvalue weighted by molar-refractivity contribution is -0.168. The maximum Gasteiger partial charge on any atom is 0.416 e. The van der Waals surface area contributed by atoms with Gasteiger partial charge in [0, 0.05) is 50.1 Å². The first-order chi connectivity index (χ1) is 27.3. The SMILES string of the molecule is COC(=O)C1(C(=O)OC)Cc2c(C)c(CCCCl)c(B3N(Cc4ccccc4)c4cccc5cccc(c45)N3P(c3ccccc3)c3ccccc3)c(C)c2C1. The largest absolute Gasteiger partial charge is 0.468 e. The number of carbonyl (C=O) groups is 2. The van der Waals surface area contributed by atoms with Gasteiger partial charge in [0.15, 0.2) is 5.41 Å². The maximum atomic E-state index is 13.7. The van der Waals surface area contributed by atoms with Gasteiger partial charge in [0.1, 0.15) is 0 Å². The Bertz CT molecular complexity index is 2350. The summed E-state index contributed by atoms with van der Waals surface area (Å²) >= 11 is 6.52. The fourth-order valence-corrected chi connectivity index (χ4v) is 11.8. The van der Waals surface area contributed by atoms with Gasteiger partial charge in [-0.3, -0.25) is 9.59 Å². The van der Waals surface area contributed by atoms with Crippen molar-refractivity contribution in [2.75, 3.05) is 29.5 Å². The van der Waals surface area contributed by atoms with Crippen LogP contribution in [0.15, 0.2) is 127 Å². The molecule has 0 unspecified atom stereocenters. The van der Waals surface area contributed by atoms with E-state index in [1.165, 1.54) is 63.6 Å². The minimum Gasteiger partial charge on any atom is -0.468 e. The third-order valence-corrected chi connectivity index (χ3v) is 14.4. The van der Waals surface area contributed by atoms with Crippen molar-refractivity contribution in [1.29, 1.82) is 0 Å². The molecule has 1 heterocycles. The molecule has 0 spiro atoms. The van der Waals surface area contributed by atoms with E-state index in [1.54, 1.807) is 0 Å². The second-order valence-corrected chi connectivity index (χ2v) is 17.2. The van der Waals surface area contributed by atoms with E-state index in [0.29, 0.717) is 12.4 Å². The molecule has 0 aromatic heterocycles. The average molecular weight is 779 g/mol. The van der Waals surface area contributed by atoms with Crippen LogP contribution in [0.1, 0.15) is 39.8 Å². The summed E-state index contributed by atoms with van der Waals surface area (Å²) in [5.74, 6) is -0.621. The van der Waals surface area contributed by atoms with Gasteiger partial charge in [0.2, 0.25) is 0 Å². The summed E-state index contributed by atoms with van der Waals surface area (Å²) in [4.78, 5) is 29.9. The molecule has 0 fully saturated rings. The van der Waals surface area contributed by atoms with Crippen molar-refractivity contribution >= 4 is 76.8 Å². The number of alkyl halides is 1. The number of ether oxygens (including phenoxy) is 2. The summed E-state index contributed by atoms with van der Waals surface area (Å²) in [6.45, 7) is 4.72. The Labute approximate surface area is 336 Å². The number of methoxy groups -OCH3 is 2. The summed E-state index contributed by atoms with van der Waals surface area (Å²) in [6.07, 6.45) is 1.96. The number of esters is 2. The van der Waals surface area contributed by atoms with E-state index in [2.05, 4.69) is 151 Å². The molecule has 0 saturated carbocycles. The van der Waals surface area contributed by atoms with E-state index >= 15 is 0 Å². The Morgan fingerprint density at radius 2 is 1.25 bits per heavy atom. The van der Waals surface area contributed by atoms with E-state index in [9.17, 15) is 9.59 Å². The molecule has 8 rings (SSSR count). The van der Waals surface area contributed by atoms with Crippen LogP contribution in [0.5, 0.6) is 0 Å². The monoisotopic (exact) mass is 778 g/mol. The van der Waals surface area contributed by atoms with E-state index in [-0.39, 0.29) is 19.8 Å². The Kier molecular flexibility index (Phi) is 10.7. The quantitative estimate of drug-likeness (QED) is 0.0434. The van der Waals surface area contributed by atoms with Crippen molar-refractivity contribution in [2.45, 2.75) is 46.1 Å². The highest BCUT2D eigenvalue weighted by molar-refractivity contribution is 7.76.